The van der Waals surface area contributed by atoms with Crippen LogP contribution in [0.1, 0.15) is 57.8 Å². The number of alkyl halides is 1. The van der Waals surface area contributed by atoms with Gasteiger partial charge in [-0.2, -0.15) is 0 Å². The van der Waals surface area contributed by atoms with Crippen molar-refractivity contribution in [1.82, 2.24) is 0 Å². The molecule has 0 fully saturated rings. The molecule has 0 nitrogen and oxygen atoms in total. The molecule has 15 heavy (non-hydrogen) atoms. The van der Waals surface area contributed by atoms with Crippen LogP contribution >= 0.6 is 15.9 Å². The highest BCUT2D eigenvalue weighted by Crippen LogP contribution is 2.10. The van der Waals surface area contributed by atoms with Crippen molar-refractivity contribution in [3.05, 3.63) is 24.8 Å². The third-order valence-electron chi connectivity index (χ3n) is 2.53. The second-order valence-corrected chi connectivity index (χ2v) is 4.76. The van der Waals surface area contributed by atoms with Gasteiger partial charge >= 0.3 is 0 Å². The van der Waals surface area contributed by atoms with Gasteiger partial charge < -0.3 is 0 Å². The topological polar surface area (TPSA) is 0 Å². The van der Waals surface area contributed by atoms with E-state index in [1.165, 1.54) is 63.1 Å². The molecule has 0 rings (SSSR count). The molecule has 0 saturated heterocycles. The van der Waals surface area contributed by atoms with Crippen LogP contribution in [0.3, 0.4) is 0 Å². The summed E-state index contributed by atoms with van der Waals surface area (Å²) in [5, 5.41) is 1.17. The predicted molar refractivity (Wildman–Crippen MR) is 74.7 cm³/mol. The summed E-state index contributed by atoms with van der Waals surface area (Å²) in [7, 11) is 0. The maximum Gasteiger partial charge on any atom is 0.00313 e. The van der Waals surface area contributed by atoms with Crippen LogP contribution in [0.4, 0.5) is 0 Å². The van der Waals surface area contributed by atoms with Crippen LogP contribution in [0.15, 0.2) is 24.8 Å². The molecule has 0 aliphatic rings. The average Bonchev–Trinajstić information content (AvgIpc) is 2.26. The zero-order valence-electron chi connectivity index (χ0n) is 9.89. The fourth-order valence-electron chi connectivity index (χ4n) is 1.61. The van der Waals surface area contributed by atoms with Crippen molar-refractivity contribution in [3.63, 3.8) is 0 Å². The first kappa shape index (κ1) is 15.0. The summed E-state index contributed by atoms with van der Waals surface area (Å²) in [6, 6.07) is 0. The SMILES string of the molecule is C=C/C=C/CCCCCCCCCCBr. The predicted octanol–water partition coefficient (Wildman–Crippen LogP) is 5.63. The molecule has 0 aliphatic heterocycles. The number of halogens is 1. The minimum Gasteiger partial charge on any atom is -0.0991 e. The van der Waals surface area contributed by atoms with Gasteiger partial charge in [0.15, 0.2) is 0 Å². The van der Waals surface area contributed by atoms with E-state index in [4.69, 9.17) is 0 Å². The van der Waals surface area contributed by atoms with Gasteiger partial charge in [0.05, 0.1) is 0 Å². The first-order valence-corrected chi connectivity index (χ1v) is 7.37. The fourth-order valence-corrected chi connectivity index (χ4v) is 2.01. The summed E-state index contributed by atoms with van der Waals surface area (Å²) >= 11 is 3.46. The Hall–Kier alpha value is -0.0400. The molecule has 0 aromatic heterocycles. The minimum absolute atomic E-state index is 1.17. The van der Waals surface area contributed by atoms with Crippen LogP contribution in [-0.2, 0) is 0 Å². The van der Waals surface area contributed by atoms with E-state index in [0.29, 0.717) is 0 Å². The highest BCUT2D eigenvalue weighted by Gasteiger charge is 1.90. The van der Waals surface area contributed by atoms with E-state index < -0.39 is 0 Å². The molecule has 0 saturated carbocycles. The van der Waals surface area contributed by atoms with Crippen molar-refractivity contribution in [2.45, 2.75) is 57.8 Å². The van der Waals surface area contributed by atoms with Crippen molar-refractivity contribution < 1.29 is 0 Å². The highest BCUT2D eigenvalue weighted by atomic mass is 79.9. The summed E-state index contributed by atoms with van der Waals surface area (Å²) in [5.41, 5.74) is 0. The number of allylic oxidation sites excluding steroid dienone is 3. The molecular formula is C14H25Br. The van der Waals surface area contributed by atoms with E-state index in [-0.39, 0.29) is 0 Å². The summed E-state index contributed by atoms with van der Waals surface area (Å²) in [6.07, 6.45) is 18.5. The normalized spacial score (nSPS) is 11.0. The van der Waals surface area contributed by atoms with E-state index in [0.717, 1.165) is 0 Å². The number of unbranched alkanes of at least 4 members (excludes halogenated alkanes) is 8. The minimum atomic E-state index is 1.17. The molecular weight excluding hydrogens is 248 g/mol. The van der Waals surface area contributed by atoms with Crippen LogP contribution < -0.4 is 0 Å². The largest absolute Gasteiger partial charge is 0.0991 e. The molecule has 1 heteroatoms. The summed E-state index contributed by atoms with van der Waals surface area (Å²) in [4.78, 5) is 0. The van der Waals surface area contributed by atoms with Gasteiger partial charge in [-0.05, 0) is 19.3 Å². The van der Waals surface area contributed by atoms with Gasteiger partial charge in [0.25, 0.3) is 0 Å². The maximum atomic E-state index is 3.65. The lowest BCUT2D eigenvalue weighted by atomic mass is 10.1. The molecule has 0 spiro atoms. The molecule has 0 unspecified atom stereocenters. The highest BCUT2D eigenvalue weighted by molar-refractivity contribution is 9.09. The second kappa shape index (κ2) is 14.0. The molecule has 0 radical (unpaired) electrons. The summed E-state index contributed by atoms with van der Waals surface area (Å²) in [6.45, 7) is 3.65. The van der Waals surface area contributed by atoms with Crippen molar-refractivity contribution in [2.24, 2.45) is 0 Å². The average molecular weight is 273 g/mol. The standard InChI is InChI=1S/C14H25Br/c1-2-3-4-5-6-7-8-9-10-11-12-13-14-15/h2-4H,1,5-14H2/b4-3+. The molecule has 0 aliphatic carbocycles. The third kappa shape index (κ3) is 14.0. The smallest absolute Gasteiger partial charge is 0.00313 e. The molecule has 0 amide bonds. The monoisotopic (exact) mass is 272 g/mol. The Labute approximate surface area is 104 Å². The van der Waals surface area contributed by atoms with E-state index in [1.807, 2.05) is 12.2 Å². The lowest BCUT2D eigenvalue weighted by Crippen LogP contribution is -1.81. The van der Waals surface area contributed by atoms with Gasteiger partial charge in [0.1, 0.15) is 0 Å². The summed E-state index contributed by atoms with van der Waals surface area (Å²) < 4.78 is 0. The lowest BCUT2D eigenvalue weighted by molar-refractivity contribution is 0.579. The Morgan fingerprint density at radius 1 is 0.800 bits per heavy atom. The zero-order valence-corrected chi connectivity index (χ0v) is 11.5. The van der Waals surface area contributed by atoms with E-state index in [2.05, 4.69) is 28.6 Å². The molecule has 0 aromatic rings. The van der Waals surface area contributed by atoms with Crippen LogP contribution in [0.25, 0.3) is 0 Å². The van der Waals surface area contributed by atoms with Crippen LogP contribution in [0.2, 0.25) is 0 Å². The van der Waals surface area contributed by atoms with Gasteiger partial charge in [-0.1, -0.05) is 79.3 Å². The molecule has 0 aromatic carbocycles. The van der Waals surface area contributed by atoms with Crippen molar-refractivity contribution >= 4 is 15.9 Å². The third-order valence-corrected chi connectivity index (χ3v) is 3.09. The quantitative estimate of drug-likeness (QED) is 0.260. The molecule has 88 valence electrons. The molecule has 0 N–H and O–H groups in total. The van der Waals surface area contributed by atoms with Crippen molar-refractivity contribution in [2.75, 3.05) is 5.33 Å². The van der Waals surface area contributed by atoms with Gasteiger partial charge in [0, 0.05) is 5.33 Å². The van der Waals surface area contributed by atoms with Crippen molar-refractivity contribution in [3.8, 4) is 0 Å². The van der Waals surface area contributed by atoms with E-state index in [1.54, 1.807) is 0 Å². The van der Waals surface area contributed by atoms with Crippen LogP contribution in [0, 0.1) is 0 Å². The Kier molecular flexibility index (Phi) is 13.9. The lowest BCUT2D eigenvalue weighted by Gasteiger charge is -2.00. The Morgan fingerprint density at radius 3 is 1.87 bits per heavy atom. The number of hydrogen-bond acceptors (Lipinski definition) is 0. The van der Waals surface area contributed by atoms with Gasteiger partial charge in [-0.25, -0.2) is 0 Å². The Bertz CT molecular complexity index is 149. The van der Waals surface area contributed by atoms with Crippen LogP contribution in [-0.4, -0.2) is 5.33 Å². The molecule has 0 atom stereocenters. The Morgan fingerprint density at radius 2 is 1.33 bits per heavy atom. The van der Waals surface area contributed by atoms with Gasteiger partial charge in [0.2, 0.25) is 0 Å². The fraction of sp³-hybridized carbons (Fsp3) is 0.714. The van der Waals surface area contributed by atoms with Crippen molar-refractivity contribution in [1.29, 1.82) is 0 Å². The van der Waals surface area contributed by atoms with Crippen LogP contribution in [0.5, 0.6) is 0 Å². The van der Waals surface area contributed by atoms with E-state index >= 15 is 0 Å². The van der Waals surface area contributed by atoms with E-state index in [9.17, 15) is 0 Å². The Balaban J connectivity index is 2.92. The number of hydrogen-bond donors (Lipinski definition) is 0. The van der Waals surface area contributed by atoms with Gasteiger partial charge in [-0.15, -0.1) is 0 Å². The number of rotatable bonds is 11. The second-order valence-electron chi connectivity index (χ2n) is 3.97. The zero-order chi connectivity index (χ0) is 11.2. The maximum absolute atomic E-state index is 3.65. The first-order chi connectivity index (χ1) is 7.41. The molecule has 0 heterocycles. The summed E-state index contributed by atoms with van der Waals surface area (Å²) in [5.74, 6) is 0. The van der Waals surface area contributed by atoms with Gasteiger partial charge in [-0.3, -0.25) is 0 Å². The molecule has 0 bridgehead atoms. The first-order valence-electron chi connectivity index (χ1n) is 6.25.